The molecule has 0 unspecified atom stereocenters. The summed E-state index contributed by atoms with van der Waals surface area (Å²) < 4.78 is 39.1. The van der Waals surface area contributed by atoms with E-state index in [-0.39, 0.29) is 24.2 Å². The van der Waals surface area contributed by atoms with E-state index in [9.17, 15) is 18.0 Å². The molecule has 146 valence electrons. The number of quaternary nitrogens is 1. The molecule has 0 saturated heterocycles. The molecule has 0 spiro atoms. The summed E-state index contributed by atoms with van der Waals surface area (Å²) in [7, 11) is 0. The van der Waals surface area contributed by atoms with Crippen molar-refractivity contribution in [2.24, 2.45) is 5.92 Å². The molecule has 6 heteroatoms. The molecule has 0 bridgehead atoms. The standard InChI is InChI=1S/C21H25F3N2O/c1-4-15-9-11-16(12-10-15)20(14(2)3)25-13-19(27)26-18-8-6-5-7-17(18)21(22,23)24/h5-12,14,20,25H,4,13H2,1-3H3,(H,26,27)/p+1/t20-/m0/s1. The summed E-state index contributed by atoms with van der Waals surface area (Å²) in [6, 6.07) is 13.3. The number of benzene rings is 2. The van der Waals surface area contributed by atoms with Crippen molar-refractivity contribution in [2.45, 2.75) is 39.4 Å². The molecular weight excluding hydrogens is 353 g/mol. The van der Waals surface area contributed by atoms with Crippen LogP contribution in [-0.2, 0) is 17.4 Å². The van der Waals surface area contributed by atoms with Crippen molar-refractivity contribution in [2.75, 3.05) is 11.9 Å². The molecule has 3 N–H and O–H groups in total. The smallest absolute Gasteiger partial charge is 0.332 e. The first-order valence-electron chi connectivity index (χ1n) is 9.10. The summed E-state index contributed by atoms with van der Waals surface area (Å²) in [4.78, 5) is 12.2. The molecule has 0 saturated carbocycles. The van der Waals surface area contributed by atoms with Crippen molar-refractivity contribution in [3.8, 4) is 0 Å². The Morgan fingerprint density at radius 1 is 1.07 bits per heavy atom. The fraction of sp³-hybridized carbons (Fsp3) is 0.381. The van der Waals surface area contributed by atoms with Gasteiger partial charge in [-0.15, -0.1) is 0 Å². The van der Waals surface area contributed by atoms with Gasteiger partial charge >= 0.3 is 6.18 Å². The molecule has 0 radical (unpaired) electrons. The Kier molecular flexibility index (Phi) is 7.02. The molecule has 2 rings (SSSR count). The van der Waals surface area contributed by atoms with E-state index in [4.69, 9.17) is 0 Å². The quantitative estimate of drug-likeness (QED) is 0.745. The normalized spacial score (nSPS) is 12.9. The van der Waals surface area contributed by atoms with Crippen LogP contribution in [0.15, 0.2) is 48.5 Å². The number of anilines is 1. The maximum atomic E-state index is 13.0. The Morgan fingerprint density at radius 2 is 1.70 bits per heavy atom. The second-order valence-electron chi connectivity index (χ2n) is 6.90. The second kappa shape index (κ2) is 9.04. The molecule has 0 aliphatic heterocycles. The highest BCUT2D eigenvalue weighted by Gasteiger charge is 2.33. The molecular formula is C21H26F3N2O+. The van der Waals surface area contributed by atoms with Gasteiger partial charge in [-0.05, 0) is 24.1 Å². The maximum Gasteiger partial charge on any atom is 0.418 e. The van der Waals surface area contributed by atoms with Crippen molar-refractivity contribution in [1.82, 2.24) is 0 Å². The first-order valence-corrected chi connectivity index (χ1v) is 9.10. The van der Waals surface area contributed by atoms with Gasteiger partial charge in [0.15, 0.2) is 6.54 Å². The third-order valence-electron chi connectivity index (χ3n) is 4.55. The van der Waals surface area contributed by atoms with E-state index in [1.165, 1.54) is 23.8 Å². The number of carbonyl (C=O) groups is 1. The lowest BCUT2D eigenvalue weighted by Crippen LogP contribution is -2.88. The van der Waals surface area contributed by atoms with Gasteiger partial charge in [-0.25, -0.2) is 0 Å². The van der Waals surface area contributed by atoms with Crippen LogP contribution in [0.5, 0.6) is 0 Å². The lowest BCUT2D eigenvalue weighted by molar-refractivity contribution is -0.692. The van der Waals surface area contributed by atoms with E-state index in [1.807, 2.05) is 5.32 Å². The Balaban J connectivity index is 2.04. The molecule has 0 aliphatic carbocycles. The second-order valence-corrected chi connectivity index (χ2v) is 6.90. The van der Waals surface area contributed by atoms with Crippen LogP contribution in [0.2, 0.25) is 0 Å². The molecule has 0 aromatic heterocycles. The number of halogens is 3. The van der Waals surface area contributed by atoms with E-state index >= 15 is 0 Å². The van der Waals surface area contributed by atoms with Gasteiger partial charge in [-0.2, -0.15) is 13.2 Å². The minimum absolute atomic E-state index is 0.0462. The Bertz CT molecular complexity index is 755. The zero-order chi connectivity index (χ0) is 20.0. The van der Waals surface area contributed by atoms with Crippen LogP contribution in [0.3, 0.4) is 0 Å². The topological polar surface area (TPSA) is 45.7 Å². The number of nitrogens with two attached hydrogens (primary N) is 1. The van der Waals surface area contributed by atoms with Gasteiger partial charge in [-0.1, -0.05) is 57.2 Å². The fourth-order valence-electron chi connectivity index (χ4n) is 3.04. The van der Waals surface area contributed by atoms with Gasteiger partial charge in [0.1, 0.15) is 6.04 Å². The van der Waals surface area contributed by atoms with Crippen LogP contribution >= 0.6 is 0 Å². The summed E-state index contributed by atoms with van der Waals surface area (Å²) in [6.45, 7) is 6.26. The van der Waals surface area contributed by atoms with E-state index < -0.39 is 17.6 Å². The minimum atomic E-state index is -4.50. The lowest BCUT2D eigenvalue weighted by Gasteiger charge is -2.20. The van der Waals surface area contributed by atoms with E-state index in [2.05, 4.69) is 50.4 Å². The largest absolute Gasteiger partial charge is 0.418 e. The molecule has 0 fully saturated rings. The van der Waals surface area contributed by atoms with E-state index in [1.54, 1.807) is 0 Å². The van der Waals surface area contributed by atoms with Gasteiger partial charge in [0.05, 0.1) is 11.3 Å². The van der Waals surface area contributed by atoms with Crippen molar-refractivity contribution in [3.63, 3.8) is 0 Å². The third kappa shape index (κ3) is 5.82. The van der Waals surface area contributed by atoms with Crippen molar-refractivity contribution in [3.05, 3.63) is 65.2 Å². The van der Waals surface area contributed by atoms with Gasteiger partial charge < -0.3 is 10.6 Å². The van der Waals surface area contributed by atoms with Gasteiger partial charge in [-0.3, -0.25) is 4.79 Å². The molecule has 27 heavy (non-hydrogen) atoms. The van der Waals surface area contributed by atoms with Crippen LogP contribution < -0.4 is 10.6 Å². The average molecular weight is 379 g/mol. The van der Waals surface area contributed by atoms with Crippen LogP contribution in [0, 0.1) is 5.92 Å². The Morgan fingerprint density at radius 3 is 2.26 bits per heavy atom. The molecule has 1 amide bonds. The number of nitrogens with one attached hydrogen (secondary N) is 1. The maximum absolute atomic E-state index is 13.0. The van der Waals surface area contributed by atoms with Crippen molar-refractivity contribution < 1.29 is 23.3 Å². The molecule has 2 aromatic rings. The van der Waals surface area contributed by atoms with E-state index in [0.29, 0.717) is 0 Å². The van der Waals surface area contributed by atoms with Crippen LogP contribution in [0.4, 0.5) is 18.9 Å². The lowest BCUT2D eigenvalue weighted by atomic mass is 9.95. The average Bonchev–Trinajstić information content (AvgIpc) is 2.61. The minimum Gasteiger partial charge on any atom is -0.332 e. The van der Waals surface area contributed by atoms with Crippen molar-refractivity contribution in [1.29, 1.82) is 0 Å². The number of carbonyl (C=O) groups excluding carboxylic acids is 1. The number of para-hydroxylation sites is 1. The number of amides is 1. The highest BCUT2D eigenvalue weighted by molar-refractivity contribution is 5.92. The Hall–Kier alpha value is -2.34. The molecule has 2 aromatic carbocycles. The molecule has 0 heterocycles. The molecule has 1 atom stereocenters. The number of hydrogen-bond acceptors (Lipinski definition) is 1. The van der Waals surface area contributed by atoms with Crippen molar-refractivity contribution >= 4 is 11.6 Å². The number of hydrogen-bond donors (Lipinski definition) is 2. The molecule has 0 aliphatic rings. The molecule has 3 nitrogen and oxygen atoms in total. The summed E-state index contributed by atoms with van der Waals surface area (Å²) in [5, 5.41) is 4.26. The number of aryl methyl sites for hydroxylation is 1. The third-order valence-corrected chi connectivity index (χ3v) is 4.55. The summed E-state index contributed by atoms with van der Waals surface area (Å²) in [6.07, 6.45) is -3.55. The highest BCUT2D eigenvalue weighted by atomic mass is 19.4. The monoisotopic (exact) mass is 379 g/mol. The predicted molar refractivity (Wildman–Crippen MR) is 100 cm³/mol. The van der Waals surface area contributed by atoms with Gasteiger partial charge in [0.2, 0.25) is 0 Å². The zero-order valence-corrected chi connectivity index (χ0v) is 15.8. The van der Waals surface area contributed by atoms with Crippen LogP contribution in [-0.4, -0.2) is 12.5 Å². The zero-order valence-electron chi connectivity index (χ0n) is 15.8. The van der Waals surface area contributed by atoms with Crippen LogP contribution in [0.1, 0.15) is 43.5 Å². The number of rotatable bonds is 7. The van der Waals surface area contributed by atoms with Gasteiger partial charge in [0.25, 0.3) is 5.91 Å². The highest BCUT2D eigenvalue weighted by Crippen LogP contribution is 2.34. The first kappa shape index (κ1) is 21.0. The SMILES string of the molecule is CCc1ccc([C@@H]([NH2+]CC(=O)Nc2ccccc2C(F)(F)F)C(C)C)cc1. The van der Waals surface area contributed by atoms with Gasteiger partial charge in [0, 0.05) is 11.5 Å². The fourth-order valence-corrected chi connectivity index (χ4v) is 3.04. The van der Waals surface area contributed by atoms with Crippen LogP contribution in [0.25, 0.3) is 0 Å². The first-order chi connectivity index (χ1) is 12.7. The summed E-state index contributed by atoms with van der Waals surface area (Å²) in [5.41, 5.74) is 1.29. The van der Waals surface area contributed by atoms with E-state index in [0.717, 1.165) is 18.1 Å². The number of alkyl halides is 3. The summed E-state index contributed by atoms with van der Waals surface area (Å²) >= 11 is 0. The summed E-state index contributed by atoms with van der Waals surface area (Å²) in [5.74, 6) is -0.185. The predicted octanol–water partition coefficient (Wildman–Crippen LogP) is 4.17. The Labute approximate surface area is 158 Å².